The monoisotopic (exact) mass is 283 g/mol. The van der Waals surface area contributed by atoms with E-state index in [0.717, 1.165) is 0 Å². The Kier molecular flexibility index (Phi) is 5.30. The van der Waals surface area contributed by atoms with Crippen LogP contribution in [0, 0.1) is 5.82 Å². The van der Waals surface area contributed by atoms with E-state index in [1.54, 1.807) is 12.1 Å². The fourth-order valence-electron chi connectivity index (χ4n) is 1.59. The van der Waals surface area contributed by atoms with Gasteiger partial charge in [0, 0.05) is 18.2 Å². The van der Waals surface area contributed by atoms with Crippen molar-refractivity contribution in [1.29, 1.82) is 0 Å². The second-order valence-corrected chi connectivity index (χ2v) is 11.3. The Balaban J connectivity index is 2.53. The van der Waals surface area contributed by atoms with Crippen molar-refractivity contribution in [2.24, 2.45) is 5.73 Å². The summed E-state index contributed by atoms with van der Waals surface area (Å²) >= 11 is 0. The molecule has 0 bridgehead atoms. The Morgan fingerprint density at radius 3 is 2.37 bits per heavy atom. The van der Waals surface area contributed by atoms with Crippen LogP contribution in [0.1, 0.15) is 38.8 Å². The molecule has 1 aromatic carbocycles. The average molecular weight is 283 g/mol. The van der Waals surface area contributed by atoms with E-state index in [-0.39, 0.29) is 16.9 Å². The average Bonchev–Trinajstić information content (AvgIpc) is 2.27. The summed E-state index contributed by atoms with van der Waals surface area (Å²) in [6, 6.07) is 6.38. The van der Waals surface area contributed by atoms with Gasteiger partial charge in [-0.15, -0.1) is 0 Å². The van der Waals surface area contributed by atoms with Crippen LogP contribution >= 0.6 is 0 Å². The van der Waals surface area contributed by atoms with Crippen LogP contribution in [0.25, 0.3) is 0 Å². The van der Waals surface area contributed by atoms with E-state index in [2.05, 4.69) is 33.9 Å². The molecule has 4 heteroatoms. The number of halogens is 1. The molecule has 0 aliphatic rings. The minimum atomic E-state index is -1.74. The molecule has 2 N–H and O–H groups in total. The van der Waals surface area contributed by atoms with Crippen LogP contribution in [0.5, 0.6) is 0 Å². The third-order valence-corrected chi connectivity index (χ3v) is 8.54. The van der Waals surface area contributed by atoms with Gasteiger partial charge in [-0.05, 0) is 30.6 Å². The second kappa shape index (κ2) is 6.16. The summed E-state index contributed by atoms with van der Waals surface area (Å²) in [6.45, 7) is 11.6. The van der Waals surface area contributed by atoms with Gasteiger partial charge >= 0.3 is 0 Å². The lowest BCUT2D eigenvalue weighted by atomic mass is 10.0. The van der Waals surface area contributed by atoms with Crippen molar-refractivity contribution >= 4 is 8.32 Å². The van der Waals surface area contributed by atoms with Gasteiger partial charge in [0.15, 0.2) is 8.32 Å². The Morgan fingerprint density at radius 2 is 1.84 bits per heavy atom. The van der Waals surface area contributed by atoms with Gasteiger partial charge in [-0.1, -0.05) is 39.0 Å². The third kappa shape index (κ3) is 4.40. The Labute approximate surface area is 117 Å². The van der Waals surface area contributed by atoms with Gasteiger partial charge in [-0.2, -0.15) is 0 Å². The predicted molar refractivity (Wildman–Crippen MR) is 81.1 cm³/mol. The molecule has 0 heterocycles. The van der Waals surface area contributed by atoms with Crippen molar-refractivity contribution in [3.8, 4) is 0 Å². The molecule has 0 fully saturated rings. The van der Waals surface area contributed by atoms with Crippen molar-refractivity contribution in [1.82, 2.24) is 0 Å². The van der Waals surface area contributed by atoms with Gasteiger partial charge in [-0.3, -0.25) is 0 Å². The van der Waals surface area contributed by atoms with Crippen LogP contribution in [-0.2, 0) is 4.43 Å². The van der Waals surface area contributed by atoms with E-state index in [1.807, 2.05) is 6.07 Å². The van der Waals surface area contributed by atoms with E-state index in [1.165, 1.54) is 6.07 Å². The van der Waals surface area contributed by atoms with Crippen LogP contribution in [0.15, 0.2) is 24.3 Å². The molecule has 0 amide bonds. The van der Waals surface area contributed by atoms with Crippen LogP contribution in [-0.4, -0.2) is 14.9 Å². The number of benzene rings is 1. The molecule has 0 spiro atoms. The largest absolute Gasteiger partial charge is 0.417 e. The standard InChI is InChI=1S/C15H26FNOSi/c1-15(2,3)19(4,5)18-11-10-14(17)12-8-6-7-9-13(12)16/h6-9,14H,10-11,17H2,1-5H3. The van der Waals surface area contributed by atoms with Crippen LogP contribution < -0.4 is 5.73 Å². The molecule has 1 rings (SSSR count). The maximum absolute atomic E-state index is 13.6. The topological polar surface area (TPSA) is 35.2 Å². The highest BCUT2D eigenvalue weighted by Gasteiger charge is 2.36. The molecule has 0 saturated heterocycles. The van der Waals surface area contributed by atoms with Crippen LogP contribution in [0.2, 0.25) is 18.1 Å². The zero-order valence-electron chi connectivity index (χ0n) is 12.7. The highest BCUT2D eigenvalue weighted by Crippen LogP contribution is 2.36. The first-order valence-corrected chi connectivity index (χ1v) is 9.70. The van der Waals surface area contributed by atoms with Crippen molar-refractivity contribution in [3.05, 3.63) is 35.6 Å². The van der Waals surface area contributed by atoms with E-state index >= 15 is 0 Å². The number of nitrogens with two attached hydrogens (primary N) is 1. The molecule has 19 heavy (non-hydrogen) atoms. The Bertz CT molecular complexity index is 415. The molecule has 0 radical (unpaired) electrons. The minimum absolute atomic E-state index is 0.190. The van der Waals surface area contributed by atoms with E-state index in [0.29, 0.717) is 18.6 Å². The van der Waals surface area contributed by atoms with Gasteiger partial charge in [0.2, 0.25) is 0 Å². The maximum Gasteiger partial charge on any atom is 0.191 e. The summed E-state index contributed by atoms with van der Waals surface area (Å²) in [6.07, 6.45) is 0.646. The molecular weight excluding hydrogens is 257 g/mol. The van der Waals surface area contributed by atoms with Gasteiger partial charge in [0.05, 0.1) is 0 Å². The molecule has 1 aromatic rings. The van der Waals surface area contributed by atoms with Gasteiger partial charge in [-0.25, -0.2) is 4.39 Å². The summed E-state index contributed by atoms with van der Waals surface area (Å²) in [5.41, 5.74) is 6.60. The van der Waals surface area contributed by atoms with Crippen LogP contribution in [0.3, 0.4) is 0 Å². The van der Waals surface area contributed by atoms with Gasteiger partial charge in [0.25, 0.3) is 0 Å². The summed E-state index contributed by atoms with van der Waals surface area (Å²) in [7, 11) is -1.74. The molecule has 0 saturated carbocycles. The smallest absolute Gasteiger partial charge is 0.191 e. The van der Waals surface area contributed by atoms with Gasteiger partial charge in [0.1, 0.15) is 5.82 Å². The summed E-state index contributed by atoms with van der Waals surface area (Å²) in [4.78, 5) is 0. The molecule has 108 valence electrons. The molecule has 1 atom stereocenters. The van der Waals surface area contributed by atoms with Crippen LogP contribution in [0.4, 0.5) is 4.39 Å². The normalized spacial score (nSPS) is 14.5. The number of rotatable bonds is 5. The second-order valence-electron chi connectivity index (χ2n) is 6.53. The third-order valence-electron chi connectivity index (χ3n) is 4.00. The first-order valence-electron chi connectivity index (χ1n) is 6.79. The molecular formula is C15H26FNOSi. The molecule has 2 nitrogen and oxygen atoms in total. The number of hydrogen-bond donors (Lipinski definition) is 1. The summed E-state index contributed by atoms with van der Waals surface area (Å²) in [5.74, 6) is -0.234. The Hall–Kier alpha value is -0.713. The lowest BCUT2D eigenvalue weighted by Crippen LogP contribution is -2.41. The first-order chi connectivity index (χ1) is 8.65. The lowest BCUT2D eigenvalue weighted by Gasteiger charge is -2.36. The fourth-order valence-corrected chi connectivity index (χ4v) is 2.65. The highest BCUT2D eigenvalue weighted by atomic mass is 28.4. The van der Waals surface area contributed by atoms with Crippen molar-refractivity contribution in [2.75, 3.05) is 6.61 Å². The predicted octanol–water partition coefficient (Wildman–Crippen LogP) is 4.24. The SMILES string of the molecule is CC(C)(C)[Si](C)(C)OCCC(N)c1ccccc1F. The van der Waals surface area contributed by atoms with Gasteiger partial charge < -0.3 is 10.2 Å². The molecule has 0 aromatic heterocycles. The number of hydrogen-bond acceptors (Lipinski definition) is 2. The van der Waals surface area contributed by atoms with Crippen molar-refractivity contribution in [3.63, 3.8) is 0 Å². The molecule has 1 unspecified atom stereocenters. The minimum Gasteiger partial charge on any atom is -0.417 e. The van der Waals surface area contributed by atoms with Crippen molar-refractivity contribution in [2.45, 2.75) is 51.4 Å². The fraction of sp³-hybridized carbons (Fsp3) is 0.600. The lowest BCUT2D eigenvalue weighted by molar-refractivity contribution is 0.271. The van der Waals surface area contributed by atoms with E-state index in [9.17, 15) is 4.39 Å². The molecule has 0 aliphatic heterocycles. The van der Waals surface area contributed by atoms with E-state index in [4.69, 9.17) is 10.2 Å². The zero-order chi connectivity index (χ0) is 14.7. The quantitative estimate of drug-likeness (QED) is 0.820. The highest BCUT2D eigenvalue weighted by molar-refractivity contribution is 6.74. The van der Waals surface area contributed by atoms with Crippen molar-refractivity contribution < 1.29 is 8.82 Å². The van der Waals surface area contributed by atoms with E-state index < -0.39 is 8.32 Å². The molecule has 0 aliphatic carbocycles. The first kappa shape index (κ1) is 16.3. The maximum atomic E-state index is 13.6. The summed E-state index contributed by atoms with van der Waals surface area (Å²) in [5, 5.41) is 0.190. The zero-order valence-corrected chi connectivity index (χ0v) is 13.7. The summed E-state index contributed by atoms with van der Waals surface area (Å²) < 4.78 is 19.6. The Morgan fingerprint density at radius 1 is 1.26 bits per heavy atom.